The summed E-state index contributed by atoms with van der Waals surface area (Å²) in [6.45, 7) is 4.10. The van der Waals surface area contributed by atoms with Crippen molar-refractivity contribution in [2.24, 2.45) is 0 Å². The lowest BCUT2D eigenvalue weighted by Gasteiger charge is -2.15. The summed E-state index contributed by atoms with van der Waals surface area (Å²) in [4.78, 5) is 0. The van der Waals surface area contributed by atoms with Crippen LogP contribution in [0.25, 0.3) is 0 Å². The molecule has 4 heteroatoms. The normalized spacial score (nSPS) is 10.2. The van der Waals surface area contributed by atoms with Gasteiger partial charge in [0.05, 0.1) is 25.6 Å². The molecule has 3 N–H and O–H groups in total. The fraction of sp³-hybridized carbons (Fsp3) is 0.455. The Kier molecular flexibility index (Phi) is 3.66. The molecule has 0 atom stereocenters. The van der Waals surface area contributed by atoms with Crippen LogP contribution in [0.1, 0.15) is 13.8 Å². The Morgan fingerprint density at radius 3 is 2.13 bits per heavy atom. The lowest BCUT2D eigenvalue weighted by molar-refractivity contribution is 0.355. The number of hydrogen-bond acceptors (Lipinski definition) is 4. The molecule has 0 aliphatic carbocycles. The highest BCUT2D eigenvalue weighted by molar-refractivity contribution is 5.72. The molecule has 84 valence electrons. The summed E-state index contributed by atoms with van der Waals surface area (Å²) in [6, 6.07) is 3.92. The first kappa shape index (κ1) is 11.5. The average molecular weight is 210 g/mol. The summed E-state index contributed by atoms with van der Waals surface area (Å²) in [5, 5.41) is 3.24. The molecular weight excluding hydrogens is 192 g/mol. The maximum atomic E-state index is 5.87. The van der Waals surface area contributed by atoms with E-state index in [0.717, 1.165) is 5.69 Å². The van der Waals surface area contributed by atoms with Gasteiger partial charge in [-0.15, -0.1) is 0 Å². The summed E-state index contributed by atoms with van der Waals surface area (Å²) in [5.41, 5.74) is 7.39. The monoisotopic (exact) mass is 210 g/mol. The van der Waals surface area contributed by atoms with Crippen molar-refractivity contribution in [3.05, 3.63) is 12.1 Å². The molecule has 0 aliphatic rings. The van der Waals surface area contributed by atoms with E-state index in [2.05, 4.69) is 19.2 Å². The van der Waals surface area contributed by atoms with E-state index in [0.29, 0.717) is 23.2 Å². The molecule has 0 aliphatic heterocycles. The van der Waals surface area contributed by atoms with Crippen molar-refractivity contribution in [1.82, 2.24) is 0 Å². The number of benzene rings is 1. The maximum absolute atomic E-state index is 5.87. The van der Waals surface area contributed by atoms with Crippen molar-refractivity contribution in [3.63, 3.8) is 0 Å². The van der Waals surface area contributed by atoms with Crippen molar-refractivity contribution < 1.29 is 9.47 Å². The van der Waals surface area contributed by atoms with Crippen molar-refractivity contribution in [3.8, 4) is 11.5 Å². The van der Waals surface area contributed by atoms with Gasteiger partial charge in [0.1, 0.15) is 0 Å². The van der Waals surface area contributed by atoms with Gasteiger partial charge in [-0.1, -0.05) is 0 Å². The van der Waals surface area contributed by atoms with Crippen molar-refractivity contribution in [2.75, 3.05) is 25.3 Å². The predicted molar refractivity (Wildman–Crippen MR) is 62.7 cm³/mol. The van der Waals surface area contributed by atoms with Crippen LogP contribution < -0.4 is 20.5 Å². The van der Waals surface area contributed by atoms with Crippen LogP contribution in [0.4, 0.5) is 11.4 Å². The molecule has 0 spiro atoms. The second kappa shape index (κ2) is 4.77. The molecule has 0 fully saturated rings. The van der Waals surface area contributed by atoms with Crippen LogP contribution in [0.5, 0.6) is 11.5 Å². The van der Waals surface area contributed by atoms with E-state index in [1.54, 1.807) is 20.3 Å². The molecule has 1 rings (SSSR count). The molecule has 0 bridgehead atoms. The topological polar surface area (TPSA) is 56.5 Å². The smallest absolute Gasteiger partial charge is 0.162 e. The molecule has 1 aromatic rings. The molecule has 0 saturated carbocycles. The zero-order valence-corrected chi connectivity index (χ0v) is 9.63. The van der Waals surface area contributed by atoms with Crippen molar-refractivity contribution in [1.29, 1.82) is 0 Å². The first-order valence-corrected chi connectivity index (χ1v) is 4.86. The minimum atomic E-state index is 0.324. The summed E-state index contributed by atoms with van der Waals surface area (Å²) < 4.78 is 10.3. The minimum absolute atomic E-state index is 0.324. The Balaban J connectivity index is 3.08. The van der Waals surface area contributed by atoms with Crippen LogP contribution in [-0.2, 0) is 0 Å². The first-order chi connectivity index (χ1) is 7.08. The quantitative estimate of drug-likeness (QED) is 0.747. The number of anilines is 2. The van der Waals surface area contributed by atoms with E-state index in [9.17, 15) is 0 Å². The van der Waals surface area contributed by atoms with Gasteiger partial charge in [0.15, 0.2) is 11.5 Å². The Hall–Kier alpha value is -1.58. The minimum Gasteiger partial charge on any atom is -0.493 e. The zero-order chi connectivity index (χ0) is 11.4. The standard InChI is InChI=1S/C11H18N2O2/c1-7(2)13-9-6-11(15-4)10(14-3)5-8(9)12/h5-7,13H,12H2,1-4H3. The summed E-state index contributed by atoms with van der Waals surface area (Å²) in [5.74, 6) is 1.32. The van der Waals surface area contributed by atoms with E-state index in [-0.39, 0.29) is 0 Å². The second-order valence-electron chi connectivity index (χ2n) is 3.59. The molecule has 4 nitrogen and oxygen atoms in total. The van der Waals surface area contributed by atoms with Crippen LogP contribution in [0.15, 0.2) is 12.1 Å². The van der Waals surface area contributed by atoms with Crippen LogP contribution in [0, 0.1) is 0 Å². The number of nitrogens with one attached hydrogen (secondary N) is 1. The number of nitrogens with two attached hydrogens (primary N) is 1. The SMILES string of the molecule is COc1cc(N)c(NC(C)C)cc1OC. The summed E-state index contributed by atoms with van der Waals surface area (Å²) in [7, 11) is 3.19. The lowest BCUT2D eigenvalue weighted by Crippen LogP contribution is -2.11. The lowest BCUT2D eigenvalue weighted by atomic mass is 10.2. The summed E-state index contributed by atoms with van der Waals surface area (Å²) >= 11 is 0. The van der Waals surface area contributed by atoms with E-state index in [4.69, 9.17) is 15.2 Å². The van der Waals surface area contributed by atoms with E-state index in [1.165, 1.54) is 0 Å². The Labute approximate surface area is 90.4 Å². The second-order valence-corrected chi connectivity index (χ2v) is 3.59. The molecule has 1 aromatic carbocycles. The third-order valence-corrected chi connectivity index (χ3v) is 2.00. The van der Waals surface area contributed by atoms with Gasteiger partial charge in [-0.25, -0.2) is 0 Å². The number of rotatable bonds is 4. The Morgan fingerprint density at radius 1 is 1.13 bits per heavy atom. The molecule has 0 heterocycles. The molecule has 0 unspecified atom stereocenters. The molecule has 0 radical (unpaired) electrons. The van der Waals surface area contributed by atoms with Gasteiger partial charge in [-0.2, -0.15) is 0 Å². The van der Waals surface area contributed by atoms with Gasteiger partial charge in [0.25, 0.3) is 0 Å². The van der Waals surface area contributed by atoms with Crippen LogP contribution in [0.3, 0.4) is 0 Å². The molecule has 0 aromatic heterocycles. The van der Waals surface area contributed by atoms with Gasteiger partial charge >= 0.3 is 0 Å². The van der Waals surface area contributed by atoms with E-state index in [1.807, 2.05) is 6.07 Å². The maximum Gasteiger partial charge on any atom is 0.162 e. The largest absolute Gasteiger partial charge is 0.493 e. The predicted octanol–water partition coefficient (Wildman–Crippen LogP) is 2.11. The Morgan fingerprint density at radius 2 is 1.67 bits per heavy atom. The number of ether oxygens (including phenoxy) is 2. The number of nitrogen functional groups attached to an aromatic ring is 1. The van der Waals surface area contributed by atoms with E-state index < -0.39 is 0 Å². The van der Waals surface area contributed by atoms with Crippen LogP contribution in [0.2, 0.25) is 0 Å². The number of hydrogen-bond donors (Lipinski definition) is 2. The van der Waals surface area contributed by atoms with Gasteiger partial charge in [-0.3, -0.25) is 0 Å². The molecular formula is C11H18N2O2. The zero-order valence-electron chi connectivity index (χ0n) is 9.63. The van der Waals surface area contributed by atoms with Gasteiger partial charge in [0.2, 0.25) is 0 Å². The molecule has 0 amide bonds. The highest BCUT2D eigenvalue weighted by Crippen LogP contribution is 2.34. The van der Waals surface area contributed by atoms with Crippen molar-refractivity contribution in [2.45, 2.75) is 19.9 Å². The van der Waals surface area contributed by atoms with Gasteiger partial charge < -0.3 is 20.5 Å². The van der Waals surface area contributed by atoms with E-state index >= 15 is 0 Å². The highest BCUT2D eigenvalue weighted by Gasteiger charge is 2.09. The highest BCUT2D eigenvalue weighted by atomic mass is 16.5. The fourth-order valence-corrected chi connectivity index (χ4v) is 1.33. The summed E-state index contributed by atoms with van der Waals surface area (Å²) in [6.07, 6.45) is 0. The fourth-order valence-electron chi connectivity index (χ4n) is 1.33. The molecule has 15 heavy (non-hydrogen) atoms. The number of methoxy groups -OCH3 is 2. The third kappa shape index (κ3) is 2.68. The first-order valence-electron chi connectivity index (χ1n) is 4.86. The van der Waals surface area contributed by atoms with Gasteiger partial charge in [0, 0.05) is 18.2 Å². The Bertz CT molecular complexity index is 338. The molecule has 0 saturated heterocycles. The van der Waals surface area contributed by atoms with Crippen LogP contribution >= 0.6 is 0 Å². The third-order valence-electron chi connectivity index (χ3n) is 2.00. The van der Waals surface area contributed by atoms with Gasteiger partial charge in [-0.05, 0) is 13.8 Å². The van der Waals surface area contributed by atoms with Crippen molar-refractivity contribution >= 4 is 11.4 Å². The average Bonchev–Trinajstić information content (AvgIpc) is 2.19. The van der Waals surface area contributed by atoms with Crippen LogP contribution in [-0.4, -0.2) is 20.3 Å².